The normalized spacial score (nSPS) is 10.7. The van der Waals surface area contributed by atoms with E-state index >= 15 is 0 Å². The molecule has 2 heterocycles. The molecule has 0 saturated heterocycles. The van der Waals surface area contributed by atoms with Gasteiger partial charge in [0.1, 0.15) is 17.1 Å². The molecule has 0 aliphatic heterocycles. The first-order chi connectivity index (χ1) is 13.2. The van der Waals surface area contributed by atoms with Crippen LogP contribution in [-0.2, 0) is 0 Å². The lowest BCUT2D eigenvalue weighted by atomic mass is 10.1. The van der Waals surface area contributed by atoms with E-state index in [0.717, 1.165) is 16.2 Å². The number of carbonyl (C=O) groups excluding carboxylic acids is 1. The summed E-state index contributed by atoms with van der Waals surface area (Å²) in [5.74, 6) is 0.613. The summed E-state index contributed by atoms with van der Waals surface area (Å²) in [4.78, 5) is 18.4. The number of rotatable bonds is 5. The van der Waals surface area contributed by atoms with Crippen LogP contribution >= 0.6 is 11.3 Å². The van der Waals surface area contributed by atoms with Gasteiger partial charge < -0.3 is 14.8 Å². The summed E-state index contributed by atoms with van der Waals surface area (Å²) >= 11 is 1.58. The molecule has 1 amide bonds. The largest absolute Gasteiger partial charge is 0.496 e. The van der Waals surface area contributed by atoms with Gasteiger partial charge in [-0.3, -0.25) is 9.20 Å². The summed E-state index contributed by atoms with van der Waals surface area (Å²) in [5, 5.41) is 4.90. The molecule has 0 radical (unpaired) electrons. The summed E-state index contributed by atoms with van der Waals surface area (Å²) in [6.45, 7) is 0. The Morgan fingerprint density at radius 3 is 2.56 bits per heavy atom. The molecule has 27 heavy (non-hydrogen) atoms. The van der Waals surface area contributed by atoms with E-state index in [9.17, 15) is 4.79 Å². The maximum atomic E-state index is 12.8. The monoisotopic (exact) mass is 379 g/mol. The van der Waals surface area contributed by atoms with Crippen LogP contribution in [0.5, 0.6) is 11.5 Å². The fourth-order valence-corrected chi connectivity index (χ4v) is 3.59. The van der Waals surface area contributed by atoms with Crippen molar-refractivity contribution in [3.8, 4) is 22.8 Å². The minimum absolute atomic E-state index is 0.299. The highest BCUT2D eigenvalue weighted by Crippen LogP contribution is 2.30. The van der Waals surface area contributed by atoms with Crippen molar-refractivity contribution in [2.45, 2.75) is 0 Å². The van der Waals surface area contributed by atoms with Crippen LogP contribution in [0.4, 0.5) is 5.69 Å². The van der Waals surface area contributed by atoms with Crippen LogP contribution in [-0.4, -0.2) is 29.5 Å². The topological polar surface area (TPSA) is 64.9 Å². The number of aromatic nitrogens is 2. The smallest absolute Gasteiger partial charge is 0.263 e. The summed E-state index contributed by atoms with van der Waals surface area (Å²) in [5.41, 5.74) is 2.81. The molecule has 7 heteroatoms. The van der Waals surface area contributed by atoms with Crippen LogP contribution in [0.2, 0.25) is 0 Å². The zero-order valence-corrected chi connectivity index (χ0v) is 15.6. The number of nitrogens with zero attached hydrogens (tertiary/aromatic N) is 2. The van der Waals surface area contributed by atoms with Gasteiger partial charge in [-0.2, -0.15) is 0 Å². The fourth-order valence-electron chi connectivity index (χ4n) is 2.89. The highest BCUT2D eigenvalue weighted by molar-refractivity contribution is 7.15. The van der Waals surface area contributed by atoms with E-state index in [-0.39, 0.29) is 5.91 Å². The van der Waals surface area contributed by atoms with Crippen molar-refractivity contribution in [2.75, 3.05) is 19.5 Å². The highest BCUT2D eigenvalue weighted by Gasteiger charge is 2.18. The number of thiazole rings is 1. The van der Waals surface area contributed by atoms with Crippen LogP contribution < -0.4 is 14.8 Å². The number of hydrogen-bond acceptors (Lipinski definition) is 5. The van der Waals surface area contributed by atoms with Gasteiger partial charge in [-0.1, -0.05) is 18.2 Å². The van der Waals surface area contributed by atoms with Crippen molar-refractivity contribution in [2.24, 2.45) is 0 Å². The van der Waals surface area contributed by atoms with Crippen molar-refractivity contribution in [1.82, 2.24) is 9.38 Å². The predicted molar refractivity (Wildman–Crippen MR) is 106 cm³/mol. The molecule has 4 aromatic rings. The van der Waals surface area contributed by atoms with Crippen molar-refractivity contribution >= 4 is 27.9 Å². The molecule has 2 aromatic heterocycles. The Labute approximate surface area is 160 Å². The molecule has 0 bridgehead atoms. The van der Waals surface area contributed by atoms with Crippen LogP contribution in [0.3, 0.4) is 0 Å². The molecular weight excluding hydrogens is 362 g/mol. The molecule has 0 fully saturated rings. The standard InChI is InChI=1S/C20H17N3O3S/c1-25-16-7-4-8-17(26-2)18(16)19(24)21-14-6-3-5-13(11-14)15-12-23-9-10-27-20(23)22-15/h3-12H,1-2H3,(H,21,24). The molecule has 6 nitrogen and oxygen atoms in total. The third kappa shape index (κ3) is 3.24. The van der Waals surface area contributed by atoms with Crippen LogP contribution in [0.15, 0.2) is 60.2 Å². The first-order valence-corrected chi connectivity index (χ1v) is 9.12. The lowest BCUT2D eigenvalue weighted by molar-refractivity contribution is 0.102. The molecule has 0 aliphatic rings. The Morgan fingerprint density at radius 1 is 1.11 bits per heavy atom. The molecule has 0 unspecified atom stereocenters. The van der Waals surface area contributed by atoms with Gasteiger partial charge in [-0.15, -0.1) is 11.3 Å². The quantitative estimate of drug-likeness (QED) is 0.560. The van der Waals surface area contributed by atoms with Gasteiger partial charge in [-0.05, 0) is 24.3 Å². The van der Waals surface area contributed by atoms with Gasteiger partial charge in [-0.25, -0.2) is 4.98 Å². The second-order valence-electron chi connectivity index (χ2n) is 5.79. The lowest BCUT2D eigenvalue weighted by Gasteiger charge is -2.13. The summed E-state index contributed by atoms with van der Waals surface area (Å²) in [6.07, 6.45) is 3.94. The number of methoxy groups -OCH3 is 2. The van der Waals surface area contributed by atoms with Crippen LogP contribution in [0, 0.1) is 0 Å². The Bertz CT molecular complexity index is 1070. The van der Waals surface area contributed by atoms with E-state index in [0.29, 0.717) is 22.7 Å². The van der Waals surface area contributed by atoms with Crippen molar-refractivity contribution in [1.29, 1.82) is 0 Å². The number of anilines is 1. The van der Waals surface area contributed by atoms with E-state index in [1.807, 2.05) is 46.4 Å². The molecule has 4 rings (SSSR count). The van der Waals surface area contributed by atoms with E-state index in [2.05, 4.69) is 10.3 Å². The second kappa shape index (κ2) is 7.13. The zero-order valence-electron chi connectivity index (χ0n) is 14.8. The van der Waals surface area contributed by atoms with Gasteiger partial charge in [0.25, 0.3) is 5.91 Å². The Morgan fingerprint density at radius 2 is 1.85 bits per heavy atom. The third-order valence-corrected chi connectivity index (χ3v) is 4.94. The minimum atomic E-state index is -0.299. The van der Waals surface area contributed by atoms with E-state index in [1.165, 1.54) is 14.2 Å². The Kier molecular flexibility index (Phi) is 4.52. The molecule has 0 spiro atoms. The van der Waals surface area contributed by atoms with Crippen LogP contribution in [0.25, 0.3) is 16.2 Å². The van der Waals surface area contributed by atoms with Crippen molar-refractivity contribution in [3.63, 3.8) is 0 Å². The molecule has 0 saturated carbocycles. The molecule has 2 aromatic carbocycles. The second-order valence-corrected chi connectivity index (χ2v) is 6.66. The van der Waals surface area contributed by atoms with Crippen LogP contribution in [0.1, 0.15) is 10.4 Å². The molecule has 1 N–H and O–H groups in total. The SMILES string of the molecule is COc1cccc(OC)c1C(=O)Nc1cccc(-c2cn3ccsc3n2)c1. The molecule has 0 atom stereocenters. The number of fused-ring (bicyclic) bond motifs is 1. The number of imidazole rings is 1. The van der Waals surface area contributed by atoms with Crippen molar-refractivity contribution in [3.05, 3.63) is 65.8 Å². The highest BCUT2D eigenvalue weighted by atomic mass is 32.1. The molecule has 136 valence electrons. The maximum absolute atomic E-state index is 12.8. The Balaban J connectivity index is 1.64. The summed E-state index contributed by atoms with van der Waals surface area (Å²) in [6, 6.07) is 12.8. The molecular formula is C20H17N3O3S. The first kappa shape index (κ1) is 17.1. The van der Waals surface area contributed by atoms with E-state index < -0.39 is 0 Å². The number of carbonyl (C=O) groups is 1. The summed E-state index contributed by atoms with van der Waals surface area (Å²) in [7, 11) is 3.05. The zero-order chi connectivity index (χ0) is 18.8. The van der Waals surface area contributed by atoms with E-state index in [4.69, 9.17) is 9.47 Å². The maximum Gasteiger partial charge on any atom is 0.263 e. The first-order valence-electron chi connectivity index (χ1n) is 8.24. The van der Waals surface area contributed by atoms with Gasteiger partial charge in [0.05, 0.1) is 19.9 Å². The number of amides is 1. The summed E-state index contributed by atoms with van der Waals surface area (Å²) < 4.78 is 12.6. The third-order valence-electron chi connectivity index (χ3n) is 4.16. The fraction of sp³-hybridized carbons (Fsp3) is 0.100. The number of nitrogens with one attached hydrogen (secondary N) is 1. The predicted octanol–water partition coefficient (Wildman–Crippen LogP) is 4.33. The lowest BCUT2D eigenvalue weighted by Crippen LogP contribution is -2.14. The molecule has 0 aliphatic carbocycles. The van der Waals surface area contributed by atoms with Crippen molar-refractivity contribution < 1.29 is 14.3 Å². The number of benzene rings is 2. The van der Waals surface area contributed by atoms with Gasteiger partial charge >= 0.3 is 0 Å². The average Bonchev–Trinajstić information content (AvgIpc) is 3.29. The Hall–Kier alpha value is -3.32. The van der Waals surface area contributed by atoms with Gasteiger partial charge in [0.2, 0.25) is 0 Å². The average molecular weight is 379 g/mol. The van der Waals surface area contributed by atoms with Gasteiger partial charge in [0, 0.05) is 29.0 Å². The van der Waals surface area contributed by atoms with E-state index in [1.54, 1.807) is 29.5 Å². The minimum Gasteiger partial charge on any atom is -0.496 e. The van der Waals surface area contributed by atoms with Gasteiger partial charge in [0.15, 0.2) is 4.96 Å². The number of ether oxygens (including phenoxy) is 2. The number of hydrogen-bond donors (Lipinski definition) is 1.